The Morgan fingerprint density at radius 1 is 1.65 bits per heavy atom. The smallest absolute Gasteiger partial charge is 0.237 e. The van der Waals surface area contributed by atoms with E-state index in [2.05, 4.69) is 10.3 Å². The van der Waals surface area contributed by atoms with Crippen LogP contribution in [0.4, 0.5) is 0 Å². The molecule has 1 aromatic rings. The van der Waals surface area contributed by atoms with Crippen molar-refractivity contribution in [3.63, 3.8) is 0 Å². The summed E-state index contributed by atoms with van der Waals surface area (Å²) >= 11 is 1.70. The first-order chi connectivity index (χ1) is 8.13. The number of carbonyl (C=O) groups excluding carboxylic acids is 1. The minimum Gasteiger partial charge on any atom is -0.351 e. The molecule has 1 heterocycles. The molecule has 0 aliphatic heterocycles. The lowest BCUT2D eigenvalue weighted by Gasteiger charge is -2.17. The number of aromatic nitrogens is 2. The molecule has 0 saturated carbocycles. The Morgan fingerprint density at radius 3 is 3.00 bits per heavy atom. The van der Waals surface area contributed by atoms with E-state index in [1.807, 2.05) is 23.9 Å². The minimum atomic E-state index is -0.410. The van der Waals surface area contributed by atoms with Gasteiger partial charge in [0.25, 0.3) is 0 Å². The van der Waals surface area contributed by atoms with Crippen molar-refractivity contribution in [2.24, 2.45) is 5.73 Å². The molecule has 3 N–H and O–H groups in total. The van der Waals surface area contributed by atoms with Gasteiger partial charge in [-0.1, -0.05) is 0 Å². The van der Waals surface area contributed by atoms with Gasteiger partial charge in [0.15, 0.2) is 0 Å². The zero-order valence-electron chi connectivity index (χ0n) is 10.3. The van der Waals surface area contributed by atoms with Gasteiger partial charge in [-0.3, -0.25) is 4.79 Å². The summed E-state index contributed by atoms with van der Waals surface area (Å²) in [7, 11) is 0. The van der Waals surface area contributed by atoms with Gasteiger partial charge in [-0.2, -0.15) is 11.8 Å². The molecular weight excluding hydrogens is 236 g/mol. The number of hydrogen-bond donors (Lipinski definition) is 2. The van der Waals surface area contributed by atoms with E-state index < -0.39 is 6.04 Å². The highest BCUT2D eigenvalue weighted by Crippen LogP contribution is 1.99. The molecule has 0 bridgehead atoms. The highest BCUT2D eigenvalue weighted by molar-refractivity contribution is 7.98. The SMILES string of the molecule is CSCC[C@H](N)C(=O)NC(C)Cn1ccnc1. The number of imidazole rings is 1. The molecule has 0 saturated heterocycles. The Balaban J connectivity index is 2.30. The summed E-state index contributed by atoms with van der Waals surface area (Å²) in [5.74, 6) is 0.830. The van der Waals surface area contributed by atoms with Crippen molar-refractivity contribution < 1.29 is 4.79 Å². The minimum absolute atomic E-state index is 0.0528. The molecule has 0 spiro atoms. The van der Waals surface area contributed by atoms with Gasteiger partial charge in [-0.15, -0.1) is 0 Å². The average molecular weight is 256 g/mol. The second-order valence-corrected chi connectivity index (χ2v) is 5.04. The summed E-state index contributed by atoms with van der Waals surface area (Å²) in [5, 5.41) is 2.91. The Kier molecular flexibility index (Phi) is 6.07. The molecular formula is C11H20N4OS. The van der Waals surface area contributed by atoms with E-state index in [0.29, 0.717) is 13.0 Å². The molecule has 1 aromatic heterocycles. The molecule has 2 atom stereocenters. The van der Waals surface area contributed by atoms with Gasteiger partial charge >= 0.3 is 0 Å². The topological polar surface area (TPSA) is 72.9 Å². The summed E-state index contributed by atoms with van der Waals surface area (Å²) in [5.41, 5.74) is 5.78. The molecule has 0 aliphatic rings. The maximum absolute atomic E-state index is 11.7. The van der Waals surface area contributed by atoms with Crippen LogP contribution in [0.3, 0.4) is 0 Å². The fourth-order valence-corrected chi connectivity index (χ4v) is 1.97. The van der Waals surface area contributed by atoms with Crippen LogP contribution in [-0.4, -0.2) is 39.6 Å². The van der Waals surface area contributed by atoms with Crippen molar-refractivity contribution >= 4 is 17.7 Å². The van der Waals surface area contributed by atoms with Crippen LogP contribution < -0.4 is 11.1 Å². The maximum Gasteiger partial charge on any atom is 0.237 e. The second kappa shape index (κ2) is 7.34. The number of amides is 1. The van der Waals surface area contributed by atoms with Crippen LogP contribution in [0, 0.1) is 0 Å². The van der Waals surface area contributed by atoms with E-state index >= 15 is 0 Å². The Hall–Kier alpha value is -1.01. The van der Waals surface area contributed by atoms with Crippen LogP contribution >= 0.6 is 11.8 Å². The summed E-state index contributed by atoms with van der Waals surface area (Å²) in [6.45, 7) is 2.67. The monoisotopic (exact) mass is 256 g/mol. The number of hydrogen-bond acceptors (Lipinski definition) is 4. The quantitative estimate of drug-likeness (QED) is 0.744. The van der Waals surface area contributed by atoms with Crippen molar-refractivity contribution in [1.82, 2.24) is 14.9 Å². The zero-order chi connectivity index (χ0) is 12.7. The van der Waals surface area contributed by atoms with E-state index in [1.165, 1.54) is 0 Å². The summed E-state index contributed by atoms with van der Waals surface area (Å²) in [6, 6.07) is -0.357. The van der Waals surface area contributed by atoms with Crippen LogP contribution in [0.25, 0.3) is 0 Å². The Bertz CT molecular complexity index is 328. The fourth-order valence-electron chi connectivity index (χ4n) is 1.48. The van der Waals surface area contributed by atoms with E-state index in [9.17, 15) is 4.79 Å². The van der Waals surface area contributed by atoms with Crippen LogP contribution in [0.2, 0.25) is 0 Å². The van der Waals surface area contributed by atoms with Crippen molar-refractivity contribution in [2.45, 2.75) is 32.0 Å². The number of thioether (sulfide) groups is 1. The van der Waals surface area contributed by atoms with Gasteiger partial charge in [0, 0.05) is 25.0 Å². The Morgan fingerprint density at radius 2 is 2.41 bits per heavy atom. The van der Waals surface area contributed by atoms with E-state index in [0.717, 1.165) is 5.75 Å². The zero-order valence-corrected chi connectivity index (χ0v) is 11.1. The van der Waals surface area contributed by atoms with Crippen LogP contribution in [0.15, 0.2) is 18.7 Å². The second-order valence-electron chi connectivity index (χ2n) is 4.06. The van der Waals surface area contributed by atoms with Gasteiger partial charge in [0.1, 0.15) is 0 Å². The van der Waals surface area contributed by atoms with Crippen LogP contribution in [0.1, 0.15) is 13.3 Å². The lowest BCUT2D eigenvalue weighted by Crippen LogP contribution is -2.45. The third-order valence-corrected chi connectivity index (χ3v) is 3.05. The first-order valence-corrected chi connectivity index (χ1v) is 7.03. The molecule has 0 radical (unpaired) electrons. The van der Waals surface area contributed by atoms with Crippen molar-refractivity contribution in [3.05, 3.63) is 18.7 Å². The van der Waals surface area contributed by atoms with Crippen LogP contribution in [-0.2, 0) is 11.3 Å². The standard InChI is InChI=1S/C11H20N4OS/c1-9(7-15-5-4-13-8-15)14-11(16)10(12)3-6-17-2/h4-5,8-10H,3,6-7,12H2,1-2H3,(H,14,16)/t9?,10-/m0/s1. The highest BCUT2D eigenvalue weighted by atomic mass is 32.2. The predicted molar refractivity (Wildman–Crippen MR) is 70.8 cm³/mol. The molecule has 1 unspecified atom stereocenters. The van der Waals surface area contributed by atoms with E-state index in [1.54, 1.807) is 24.3 Å². The van der Waals surface area contributed by atoms with Gasteiger partial charge in [0.05, 0.1) is 12.4 Å². The molecule has 0 fully saturated rings. The number of carbonyl (C=O) groups is 1. The maximum atomic E-state index is 11.7. The predicted octanol–water partition coefficient (Wildman–Crippen LogP) is 0.468. The first-order valence-electron chi connectivity index (χ1n) is 5.64. The number of nitrogens with two attached hydrogens (primary N) is 1. The third kappa shape index (κ3) is 5.23. The molecule has 6 heteroatoms. The largest absolute Gasteiger partial charge is 0.351 e. The van der Waals surface area contributed by atoms with Crippen molar-refractivity contribution in [2.75, 3.05) is 12.0 Å². The van der Waals surface area contributed by atoms with E-state index in [4.69, 9.17) is 5.73 Å². The summed E-state index contributed by atoms with van der Waals surface area (Å²) in [4.78, 5) is 15.7. The van der Waals surface area contributed by atoms with Gasteiger partial charge in [0.2, 0.25) is 5.91 Å². The number of rotatable bonds is 7. The molecule has 5 nitrogen and oxygen atoms in total. The number of nitrogens with zero attached hydrogens (tertiary/aromatic N) is 2. The molecule has 1 rings (SSSR count). The number of nitrogens with one attached hydrogen (secondary N) is 1. The summed E-state index contributed by atoms with van der Waals surface area (Å²) in [6.07, 6.45) is 8.04. The molecule has 0 aromatic carbocycles. The molecule has 17 heavy (non-hydrogen) atoms. The fraction of sp³-hybridized carbons (Fsp3) is 0.636. The van der Waals surface area contributed by atoms with Crippen LogP contribution in [0.5, 0.6) is 0 Å². The molecule has 0 aliphatic carbocycles. The Labute approximate surface area is 106 Å². The third-order valence-electron chi connectivity index (χ3n) is 2.40. The lowest BCUT2D eigenvalue weighted by molar-refractivity contribution is -0.123. The van der Waals surface area contributed by atoms with Crippen molar-refractivity contribution in [3.8, 4) is 0 Å². The van der Waals surface area contributed by atoms with Crippen molar-refractivity contribution in [1.29, 1.82) is 0 Å². The average Bonchev–Trinajstić information content (AvgIpc) is 2.78. The normalized spacial score (nSPS) is 14.3. The van der Waals surface area contributed by atoms with Gasteiger partial charge in [-0.25, -0.2) is 4.98 Å². The highest BCUT2D eigenvalue weighted by Gasteiger charge is 2.15. The lowest BCUT2D eigenvalue weighted by atomic mass is 10.2. The van der Waals surface area contributed by atoms with Gasteiger partial charge in [-0.05, 0) is 25.4 Å². The molecule has 96 valence electrons. The first kappa shape index (κ1) is 14.1. The van der Waals surface area contributed by atoms with E-state index in [-0.39, 0.29) is 11.9 Å². The van der Waals surface area contributed by atoms with Gasteiger partial charge < -0.3 is 15.6 Å². The summed E-state index contributed by atoms with van der Waals surface area (Å²) < 4.78 is 1.93. The molecule has 1 amide bonds.